The molecule has 2 heterocycles. The first kappa shape index (κ1) is 12.9. The monoisotopic (exact) mass is 355 g/mol. The zero-order chi connectivity index (χ0) is 13.6. The number of imidazole rings is 1. The van der Waals surface area contributed by atoms with E-state index < -0.39 is 0 Å². The number of hydrogen-bond acceptors (Lipinski definition) is 2. The molecule has 0 amide bonds. The molecule has 0 bridgehead atoms. The average molecular weight is 357 g/mol. The number of aromatic amines is 1. The van der Waals surface area contributed by atoms with Gasteiger partial charge in [0, 0.05) is 10.0 Å². The lowest BCUT2D eigenvalue weighted by atomic mass is 10.1. The minimum absolute atomic E-state index is 0.260. The van der Waals surface area contributed by atoms with Crippen molar-refractivity contribution in [3.63, 3.8) is 0 Å². The number of halogens is 3. The quantitative estimate of drug-likeness (QED) is 0.623. The molecule has 6 heteroatoms. The smallest absolute Gasteiger partial charge is 0.179 e. The molecule has 1 aromatic carbocycles. The first-order chi connectivity index (χ1) is 9.06. The molecule has 19 heavy (non-hydrogen) atoms. The Morgan fingerprint density at radius 3 is 2.79 bits per heavy atom. The van der Waals surface area contributed by atoms with Crippen LogP contribution in [0, 0.1) is 6.92 Å². The van der Waals surface area contributed by atoms with Crippen LogP contribution in [-0.4, -0.2) is 15.0 Å². The zero-order valence-corrected chi connectivity index (χ0v) is 12.9. The van der Waals surface area contributed by atoms with Gasteiger partial charge in [0.15, 0.2) is 5.65 Å². The van der Waals surface area contributed by atoms with Gasteiger partial charge in [-0.05, 0) is 34.5 Å². The van der Waals surface area contributed by atoms with Gasteiger partial charge in [-0.2, -0.15) is 0 Å². The lowest BCUT2D eigenvalue weighted by Crippen LogP contribution is -1.85. The van der Waals surface area contributed by atoms with Crippen molar-refractivity contribution >= 4 is 50.3 Å². The third-order valence-corrected chi connectivity index (χ3v) is 4.56. The van der Waals surface area contributed by atoms with E-state index in [1.54, 1.807) is 6.07 Å². The third-order valence-electron chi connectivity index (χ3n) is 2.83. The van der Waals surface area contributed by atoms with Gasteiger partial charge in [0.1, 0.15) is 11.0 Å². The van der Waals surface area contributed by atoms with Crippen LogP contribution in [-0.2, 0) is 0 Å². The first-order valence-corrected chi connectivity index (χ1v) is 7.08. The van der Waals surface area contributed by atoms with Gasteiger partial charge in [0.25, 0.3) is 0 Å². The highest BCUT2D eigenvalue weighted by molar-refractivity contribution is 9.10. The second-order valence-electron chi connectivity index (χ2n) is 4.15. The maximum atomic E-state index is 5.95. The summed E-state index contributed by atoms with van der Waals surface area (Å²) >= 11 is 15.4. The number of aromatic nitrogens is 3. The number of fused-ring (bicyclic) bond motifs is 1. The molecule has 3 rings (SSSR count). The lowest BCUT2D eigenvalue weighted by molar-refractivity contribution is 1.28. The molecular weight excluding hydrogens is 349 g/mol. The topological polar surface area (TPSA) is 41.6 Å². The Morgan fingerprint density at radius 1 is 1.21 bits per heavy atom. The Balaban J connectivity index is 2.23. The van der Waals surface area contributed by atoms with Gasteiger partial charge in [0.2, 0.25) is 0 Å². The molecule has 0 unspecified atom stereocenters. The van der Waals surface area contributed by atoms with Crippen LogP contribution in [0.5, 0.6) is 0 Å². The molecule has 96 valence electrons. The van der Waals surface area contributed by atoms with Gasteiger partial charge in [-0.25, -0.2) is 9.97 Å². The summed E-state index contributed by atoms with van der Waals surface area (Å²) in [6.07, 6.45) is 0. The summed E-state index contributed by atoms with van der Waals surface area (Å²) in [5, 5.41) is 0.670. The van der Waals surface area contributed by atoms with Crippen LogP contribution in [0.2, 0.25) is 10.2 Å². The fourth-order valence-electron chi connectivity index (χ4n) is 1.85. The van der Waals surface area contributed by atoms with E-state index in [4.69, 9.17) is 23.2 Å². The summed E-state index contributed by atoms with van der Waals surface area (Å²) in [5.74, 6) is 0.733. The number of nitrogens with zero attached hydrogens (tertiary/aromatic N) is 2. The Morgan fingerprint density at radius 2 is 2.00 bits per heavy atom. The highest BCUT2D eigenvalue weighted by Crippen LogP contribution is 2.31. The van der Waals surface area contributed by atoms with Gasteiger partial charge in [-0.1, -0.05) is 41.4 Å². The van der Waals surface area contributed by atoms with E-state index >= 15 is 0 Å². The maximum Gasteiger partial charge on any atom is 0.179 e. The normalized spacial score (nSPS) is 11.2. The van der Waals surface area contributed by atoms with E-state index in [1.165, 1.54) is 0 Å². The molecule has 0 aliphatic carbocycles. The van der Waals surface area contributed by atoms with Crippen LogP contribution in [0.25, 0.3) is 22.6 Å². The molecule has 3 aromatic rings. The van der Waals surface area contributed by atoms with E-state index in [-0.39, 0.29) is 5.15 Å². The van der Waals surface area contributed by atoms with E-state index in [9.17, 15) is 0 Å². The van der Waals surface area contributed by atoms with Crippen LogP contribution < -0.4 is 0 Å². The molecule has 0 fully saturated rings. The number of nitrogens with one attached hydrogen (secondary N) is 1. The minimum atomic E-state index is 0.260. The molecule has 0 aliphatic heterocycles. The summed E-state index contributed by atoms with van der Waals surface area (Å²) in [6, 6.07) is 7.72. The predicted molar refractivity (Wildman–Crippen MR) is 81.8 cm³/mol. The number of pyridine rings is 1. The van der Waals surface area contributed by atoms with Gasteiger partial charge >= 0.3 is 0 Å². The molecule has 0 saturated heterocycles. The second-order valence-corrected chi connectivity index (χ2v) is 5.71. The minimum Gasteiger partial charge on any atom is -0.336 e. The van der Waals surface area contributed by atoms with Crippen LogP contribution >= 0.6 is 39.1 Å². The van der Waals surface area contributed by atoms with Crippen molar-refractivity contribution in [1.29, 1.82) is 0 Å². The summed E-state index contributed by atoms with van der Waals surface area (Å²) in [5.41, 5.74) is 3.43. The van der Waals surface area contributed by atoms with Crippen molar-refractivity contribution in [2.45, 2.75) is 6.92 Å². The van der Waals surface area contributed by atoms with Gasteiger partial charge in [0.05, 0.1) is 10.5 Å². The molecule has 0 saturated carbocycles. The molecule has 1 N–H and O–H groups in total. The van der Waals surface area contributed by atoms with Crippen LogP contribution in [0.4, 0.5) is 0 Å². The van der Waals surface area contributed by atoms with Crippen LogP contribution in [0.1, 0.15) is 5.56 Å². The largest absolute Gasteiger partial charge is 0.336 e. The second kappa shape index (κ2) is 4.78. The number of benzene rings is 1. The van der Waals surface area contributed by atoms with E-state index in [0.29, 0.717) is 10.7 Å². The maximum absolute atomic E-state index is 5.95. The van der Waals surface area contributed by atoms with Gasteiger partial charge < -0.3 is 4.98 Å². The van der Waals surface area contributed by atoms with Crippen LogP contribution in [0.3, 0.4) is 0 Å². The van der Waals surface area contributed by atoms with Crippen molar-refractivity contribution in [3.8, 4) is 11.4 Å². The number of aryl methyl sites for hydroxylation is 1. The van der Waals surface area contributed by atoms with Gasteiger partial charge in [-0.3, -0.25) is 0 Å². The summed E-state index contributed by atoms with van der Waals surface area (Å²) in [7, 11) is 0. The standard InChI is InChI=1S/C13H8BrCl2N3/c1-6-3-2-4-7(10(6)14)12-17-9-5-8(15)11(16)18-13(9)19-12/h2-5H,1H3,(H,17,18,19). The number of rotatable bonds is 1. The summed E-state index contributed by atoms with van der Waals surface area (Å²) in [6.45, 7) is 2.03. The highest BCUT2D eigenvalue weighted by Gasteiger charge is 2.12. The molecule has 0 aliphatic rings. The molecule has 0 spiro atoms. The fraction of sp³-hybridized carbons (Fsp3) is 0.0769. The molecule has 0 radical (unpaired) electrons. The summed E-state index contributed by atoms with van der Waals surface area (Å²) in [4.78, 5) is 11.8. The van der Waals surface area contributed by atoms with Crippen molar-refractivity contribution in [3.05, 3.63) is 44.5 Å². The van der Waals surface area contributed by atoms with Crippen molar-refractivity contribution in [1.82, 2.24) is 15.0 Å². The molecule has 0 atom stereocenters. The summed E-state index contributed by atoms with van der Waals surface area (Å²) < 4.78 is 1.01. The predicted octanol–water partition coefficient (Wildman–Crippen LogP) is 5.00. The van der Waals surface area contributed by atoms with E-state index in [0.717, 1.165) is 26.9 Å². The average Bonchev–Trinajstić information content (AvgIpc) is 2.76. The van der Waals surface area contributed by atoms with Gasteiger partial charge in [-0.15, -0.1) is 0 Å². The lowest BCUT2D eigenvalue weighted by Gasteiger charge is -2.03. The fourth-order valence-corrected chi connectivity index (χ4v) is 2.59. The Kier molecular flexibility index (Phi) is 3.25. The highest BCUT2D eigenvalue weighted by atomic mass is 79.9. The molecule has 2 aromatic heterocycles. The Labute approximate surface area is 128 Å². The zero-order valence-electron chi connectivity index (χ0n) is 9.84. The van der Waals surface area contributed by atoms with Crippen LogP contribution in [0.15, 0.2) is 28.7 Å². The number of hydrogen-bond donors (Lipinski definition) is 1. The van der Waals surface area contributed by atoms with E-state index in [1.807, 2.05) is 25.1 Å². The van der Waals surface area contributed by atoms with Crippen molar-refractivity contribution < 1.29 is 0 Å². The Bertz CT molecular complexity index is 744. The molecular formula is C13H8BrCl2N3. The van der Waals surface area contributed by atoms with E-state index in [2.05, 4.69) is 30.9 Å². The Hall–Kier alpha value is -1.10. The number of H-pyrrole nitrogens is 1. The molecule has 3 nitrogen and oxygen atoms in total. The van der Waals surface area contributed by atoms with Crippen molar-refractivity contribution in [2.75, 3.05) is 0 Å². The SMILES string of the molecule is Cc1cccc(-c2nc3nc(Cl)c(Cl)cc3[nH]2)c1Br. The first-order valence-electron chi connectivity index (χ1n) is 5.53. The van der Waals surface area contributed by atoms with Crippen molar-refractivity contribution in [2.24, 2.45) is 0 Å². The third kappa shape index (κ3) is 2.24.